The van der Waals surface area contributed by atoms with E-state index in [-0.39, 0.29) is 40.9 Å². The first kappa shape index (κ1) is 39.8. The van der Waals surface area contributed by atoms with E-state index in [4.69, 9.17) is 60.3 Å². The average molecular weight is 383 g/mol. The molecule has 0 heterocycles. The first-order chi connectivity index (χ1) is 10.3. The minimum Gasteiger partial charge on any atom is -0.412 e. The number of rotatable bonds is 0. The first-order valence-electron chi connectivity index (χ1n) is 5.11. The molecule has 0 atom stereocenters. The normalized spacial score (nSPS) is 6.76. The predicted octanol–water partition coefficient (Wildman–Crippen LogP) is -10.4. The minimum absolute atomic E-state index is 0. The van der Waals surface area contributed by atoms with E-state index in [1.54, 1.807) is 0 Å². The molecule has 0 amide bonds. The maximum absolute atomic E-state index is 11.9. The molecule has 0 saturated carbocycles. The maximum Gasteiger partial charge on any atom is 1.00 e. The van der Waals surface area contributed by atoms with Gasteiger partial charge in [-0.3, -0.25) is 0 Å². The summed E-state index contributed by atoms with van der Waals surface area (Å²) in [5.41, 5.74) is 0. The van der Waals surface area contributed by atoms with Gasteiger partial charge in [-0.15, -0.1) is 12.1 Å². The van der Waals surface area contributed by atoms with Crippen LogP contribution in [0.25, 0.3) is 0 Å². The Morgan fingerprint density at radius 2 is 0.760 bits per heavy atom. The van der Waals surface area contributed by atoms with E-state index in [0.29, 0.717) is 0 Å². The van der Waals surface area contributed by atoms with Crippen LogP contribution in [0.5, 0.6) is 0 Å². The van der Waals surface area contributed by atoms with Crippen molar-refractivity contribution in [3.63, 3.8) is 0 Å². The second-order valence-corrected chi connectivity index (χ2v) is 2.60. The summed E-state index contributed by atoms with van der Waals surface area (Å²) in [5, 5.41) is 86.0. The van der Waals surface area contributed by atoms with Gasteiger partial charge >= 0.3 is 58.8 Å². The van der Waals surface area contributed by atoms with Crippen LogP contribution in [-0.2, 0) is 0 Å². The maximum atomic E-state index is 11.9. The van der Waals surface area contributed by atoms with E-state index in [9.17, 15) is 4.39 Å². The quantitative estimate of drug-likeness (QED) is 0.147. The molecule has 1 aromatic carbocycles. The molecule has 0 unspecified atom stereocenters. The molecule has 1 rings (SSSR count). The predicted molar refractivity (Wildman–Crippen MR) is 78.5 cm³/mol. The third-order valence-electron chi connectivity index (χ3n) is 0.678. The third kappa shape index (κ3) is 184. The summed E-state index contributed by atoms with van der Waals surface area (Å²) in [5.74, 6) is -0.209. The Morgan fingerprint density at radius 1 is 0.600 bits per heavy atom. The Morgan fingerprint density at radius 3 is 0.840 bits per heavy atom. The number of hydrogen-bond donors (Lipinski definition) is 12. The average Bonchev–Trinajstić information content (AvgIpc) is 2.26. The summed E-state index contributed by atoms with van der Waals surface area (Å²) >= 11 is 0. The van der Waals surface area contributed by atoms with Crippen molar-refractivity contribution in [2.75, 3.05) is 0 Å². The fraction of sp³-hybridized carbons (Fsp3) is 0. The molecular formula is C6H18B4FNaO13. The molecule has 0 fully saturated rings. The second kappa shape index (κ2) is 31.6. The Balaban J connectivity index is -0.0000000456. The molecule has 25 heavy (non-hydrogen) atoms. The van der Waals surface area contributed by atoms with Gasteiger partial charge in [0, 0.05) is 5.82 Å². The molecule has 14 N–H and O–H groups in total. The smallest absolute Gasteiger partial charge is 0.412 e. The molecule has 0 bridgehead atoms. The monoisotopic (exact) mass is 384 g/mol. The van der Waals surface area contributed by atoms with Gasteiger partial charge in [-0.1, -0.05) is 0 Å². The van der Waals surface area contributed by atoms with E-state index in [1.807, 2.05) is 0 Å². The van der Waals surface area contributed by atoms with Crippen LogP contribution in [-0.4, -0.2) is 95.0 Å². The standard InChI is InChI=1S/C6H4F.4BH3O3.Na.H2O/c7-6-4-2-1-3-5-6;4*2-1(3)4;;/h2-5H;4*2-4H;;1H2/q-1;;;;;+1;. The summed E-state index contributed by atoms with van der Waals surface area (Å²) in [6.45, 7) is 0. The van der Waals surface area contributed by atoms with E-state index in [0.717, 1.165) is 0 Å². The van der Waals surface area contributed by atoms with E-state index in [1.165, 1.54) is 24.3 Å². The van der Waals surface area contributed by atoms with Gasteiger partial charge in [-0.25, -0.2) is 4.39 Å². The Hall–Kier alpha value is -0.110. The van der Waals surface area contributed by atoms with Crippen molar-refractivity contribution in [2.45, 2.75) is 0 Å². The van der Waals surface area contributed by atoms with Crippen LogP contribution >= 0.6 is 0 Å². The van der Waals surface area contributed by atoms with E-state index < -0.39 is 29.3 Å². The Kier molecular flexibility index (Phi) is 50.4. The molecule has 0 radical (unpaired) electrons. The molecule has 19 heteroatoms. The van der Waals surface area contributed by atoms with Gasteiger partial charge < -0.3 is 65.8 Å². The number of hydrogen-bond acceptors (Lipinski definition) is 12. The van der Waals surface area contributed by atoms with Crippen molar-refractivity contribution in [2.24, 2.45) is 0 Å². The molecule has 1 aromatic rings. The number of halogens is 1. The largest absolute Gasteiger partial charge is 1.00 e. The van der Waals surface area contributed by atoms with E-state index >= 15 is 0 Å². The van der Waals surface area contributed by atoms with Gasteiger partial charge in [0.1, 0.15) is 0 Å². The molecule has 0 aliphatic carbocycles. The van der Waals surface area contributed by atoms with Gasteiger partial charge in [-0.2, -0.15) is 18.2 Å². The molecule has 0 saturated heterocycles. The minimum atomic E-state index is -2.17. The van der Waals surface area contributed by atoms with Gasteiger partial charge in [-0.05, 0) is 0 Å². The van der Waals surface area contributed by atoms with Crippen molar-refractivity contribution in [3.8, 4) is 0 Å². The zero-order valence-corrected chi connectivity index (χ0v) is 14.9. The summed E-state index contributed by atoms with van der Waals surface area (Å²) in [4.78, 5) is 0. The Labute approximate surface area is 165 Å². The molecule has 140 valence electrons. The van der Waals surface area contributed by atoms with Gasteiger partial charge in [0.15, 0.2) is 0 Å². The first-order valence-corrected chi connectivity index (χ1v) is 5.11. The zero-order chi connectivity index (χ0) is 19.4. The van der Waals surface area contributed by atoms with Crippen molar-refractivity contribution >= 4 is 29.3 Å². The van der Waals surface area contributed by atoms with Gasteiger partial charge in [0.05, 0.1) is 0 Å². The molecule has 0 spiro atoms. The Bertz CT molecular complexity index is 277. The molecular weight excluding hydrogens is 365 g/mol. The van der Waals surface area contributed by atoms with Gasteiger partial charge in [0.25, 0.3) is 0 Å². The topological polar surface area (TPSA) is 274 Å². The molecule has 0 aliphatic heterocycles. The van der Waals surface area contributed by atoms with Crippen LogP contribution in [0.2, 0.25) is 0 Å². The number of benzene rings is 1. The van der Waals surface area contributed by atoms with Crippen LogP contribution < -0.4 is 29.6 Å². The van der Waals surface area contributed by atoms with E-state index in [2.05, 4.69) is 6.07 Å². The van der Waals surface area contributed by atoms with Crippen LogP contribution in [0, 0.1) is 11.9 Å². The summed E-state index contributed by atoms with van der Waals surface area (Å²) < 4.78 is 11.9. The van der Waals surface area contributed by atoms with Crippen LogP contribution in [0.4, 0.5) is 4.39 Å². The fourth-order valence-corrected chi connectivity index (χ4v) is 0.367. The van der Waals surface area contributed by atoms with Crippen molar-refractivity contribution < 1.29 is 99.7 Å². The van der Waals surface area contributed by atoms with Gasteiger partial charge in [0.2, 0.25) is 0 Å². The molecule has 0 aliphatic rings. The van der Waals surface area contributed by atoms with Crippen molar-refractivity contribution in [1.82, 2.24) is 0 Å². The summed E-state index contributed by atoms with van der Waals surface area (Å²) in [6, 6.07) is 8.49. The van der Waals surface area contributed by atoms with Crippen molar-refractivity contribution in [1.29, 1.82) is 0 Å². The third-order valence-corrected chi connectivity index (χ3v) is 0.678. The molecule has 0 aromatic heterocycles. The SMILES string of the molecule is Fc1cc[c-]cc1.O.OB(O)O.OB(O)O.OB(O)O.OB(O)O.[Na+]. The van der Waals surface area contributed by atoms with Crippen LogP contribution in [0.1, 0.15) is 0 Å². The molecule has 13 nitrogen and oxygen atoms in total. The fourth-order valence-electron chi connectivity index (χ4n) is 0.367. The summed E-state index contributed by atoms with van der Waals surface area (Å²) in [7, 11) is -8.67. The van der Waals surface area contributed by atoms with Crippen LogP contribution in [0.3, 0.4) is 0 Å². The van der Waals surface area contributed by atoms with Crippen molar-refractivity contribution in [3.05, 3.63) is 36.1 Å². The summed E-state index contributed by atoms with van der Waals surface area (Å²) in [6.07, 6.45) is 0. The zero-order valence-electron chi connectivity index (χ0n) is 12.9. The second-order valence-electron chi connectivity index (χ2n) is 2.60. The van der Waals surface area contributed by atoms with Crippen LogP contribution in [0.15, 0.2) is 24.3 Å².